The second-order valence-electron chi connectivity index (χ2n) is 4.58. The molecule has 1 heterocycles. The van der Waals surface area contributed by atoms with E-state index in [1.807, 2.05) is 42.5 Å². The molecule has 0 amide bonds. The van der Waals surface area contributed by atoms with Crippen molar-refractivity contribution in [3.63, 3.8) is 0 Å². The fourth-order valence-corrected chi connectivity index (χ4v) is 2.31. The minimum atomic E-state index is -0.269. The van der Waals surface area contributed by atoms with E-state index in [0.29, 0.717) is 12.1 Å². The van der Waals surface area contributed by atoms with Gasteiger partial charge in [-0.1, -0.05) is 42.5 Å². The quantitative estimate of drug-likeness (QED) is 0.715. The summed E-state index contributed by atoms with van der Waals surface area (Å²) in [5.74, 6) is -0.269. The number of hydrogen-bond donors (Lipinski definition) is 0. The Morgan fingerprint density at radius 2 is 1.68 bits per heavy atom. The molecule has 0 atom stereocenters. The number of rotatable bonds is 4. The van der Waals surface area contributed by atoms with E-state index in [2.05, 4.69) is 12.1 Å². The number of fused-ring (bicyclic) bond motifs is 1. The number of aromatic nitrogens is 1. The summed E-state index contributed by atoms with van der Waals surface area (Å²) < 4.78 is 6.92. The van der Waals surface area contributed by atoms with Crippen molar-refractivity contribution < 1.29 is 4.42 Å². The van der Waals surface area contributed by atoms with E-state index >= 15 is 0 Å². The standard InChI is InChI=1S/C16H15NO2/c18-16-17(14-10-4-5-11-15(14)19-16)12-6-9-13-7-2-1-3-8-13/h1-5,7-8,10-11H,6,9,12H2. The highest BCUT2D eigenvalue weighted by molar-refractivity contribution is 5.72. The Labute approximate surface area is 111 Å². The summed E-state index contributed by atoms with van der Waals surface area (Å²) in [5.41, 5.74) is 2.83. The molecular formula is C16H15NO2. The van der Waals surface area contributed by atoms with Crippen molar-refractivity contribution in [2.75, 3.05) is 0 Å². The molecule has 3 nitrogen and oxygen atoms in total. The number of benzene rings is 2. The first kappa shape index (κ1) is 11.8. The molecule has 0 unspecified atom stereocenters. The minimum absolute atomic E-state index is 0.269. The highest BCUT2D eigenvalue weighted by atomic mass is 16.4. The molecule has 0 aliphatic heterocycles. The zero-order valence-electron chi connectivity index (χ0n) is 10.6. The van der Waals surface area contributed by atoms with Gasteiger partial charge in [0.1, 0.15) is 0 Å². The predicted molar refractivity (Wildman–Crippen MR) is 75.2 cm³/mol. The lowest BCUT2D eigenvalue weighted by Gasteiger charge is -2.02. The van der Waals surface area contributed by atoms with Gasteiger partial charge in [-0.2, -0.15) is 0 Å². The zero-order valence-corrected chi connectivity index (χ0v) is 10.6. The fraction of sp³-hybridized carbons (Fsp3) is 0.188. The molecule has 19 heavy (non-hydrogen) atoms. The molecule has 0 N–H and O–H groups in total. The molecule has 0 aliphatic carbocycles. The van der Waals surface area contributed by atoms with Crippen LogP contribution in [0, 0.1) is 0 Å². The fourth-order valence-electron chi connectivity index (χ4n) is 2.31. The molecule has 2 aromatic carbocycles. The van der Waals surface area contributed by atoms with E-state index in [-0.39, 0.29) is 5.76 Å². The average molecular weight is 253 g/mol. The maximum atomic E-state index is 11.8. The van der Waals surface area contributed by atoms with Gasteiger partial charge in [0.25, 0.3) is 0 Å². The summed E-state index contributed by atoms with van der Waals surface area (Å²) >= 11 is 0. The summed E-state index contributed by atoms with van der Waals surface area (Å²) in [6.07, 6.45) is 1.89. The van der Waals surface area contributed by atoms with E-state index in [1.54, 1.807) is 4.57 Å². The highest BCUT2D eigenvalue weighted by Crippen LogP contribution is 2.12. The molecule has 96 valence electrons. The first-order chi connectivity index (χ1) is 9.34. The number of aryl methyl sites for hydroxylation is 2. The lowest BCUT2D eigenvalue weighted by molar-refractivity contribution is 0.497. The van der Waals surface area contributed by atoms with E-state index in [9.17, 15) is 4.79 Å². The third-order valence-corrected chi connectivity index (χ3v) is 3.26. The number of oxazole rings is 1. The summed E-state index contributed by atoms with van der Waals surface area (Å²) in [5, 5.41) is 0. The van der Waals surface area contributed by atoms with Gasteiger partial charge < -0.3 is 4.42 Å². The third-order valence-electron chi connectivity index (χ3n) is 3.26. The van der Waals surface area contributed by atoms with Crippen LogP contribution in [0.15, 0.2) is 63.8 Å². The molecule has 0 fully saturated rings. The number of hydrogen-bond acceptors (Lipinski definition) is 2. The van der Waals surface area contributed by atoms with Crippen molar-refractivity contribution in [2.24, 2.45) is 0 Å². The van der Waals surface area contributed by atoms with Crippen LogP contribution >= 0.6 is 0 Å². The topological polar surface area (TPSA) is 35.1 Å². The lowest BCUT2D eigenvalue weighted by Crippen LogP contribution is -2.14. The molecule has 3 heteroatoms. The number of para-hydroxylation sites is 2. The molecular weight excluding hydrogens is 238 g/mol. The van der Waals surface area contributed by atoms with Crippen molar-refractivity contribution >= 4 is 11.1 Å². The van der Waals surface area contributed by atoms with Crippen molar-refractivity contribution in [2.45, 2.75) is 19.4 Å². The van der Waals surface area contributed by atoms with Crippen LogP contribution in [-0.2, 0) is 13.0 Å². The van der Waals surface area contributed by atoms with Crippen LogP contribution in [0.25, 0.3) is 11.1 Å². The highest BCUT2D eigenvalue weighted by Gasteiger charge is 2.07. The zero-order chi connectivity index (χ0) is 13.1. The van der Waals surface area contributed by atoms with Gasteiger partial charge in [0.15, 0.2) is 5.58 Å². The first-order valence-electron chi connectivity index (χ1n) is 6.47. The Hall–Kier alpha value is -2.29. The molecule has 0 saturated heterocycles. The Balaban J connectivity index is 1.75. The van der Waals surface area contributed by atoms with Crippen LogP contribution in [0.2, 0.25) is 0 Å². The van der Waals surface area contributed by atoms with E-state index in [4.69, 9.17) is 4.42 Å². The van der Waals surface area contributed by atoms with Crippen molar-refractivity contribution in [3.8, 4) is 0 Å². The molecule has 1 aromatic heterocycles. The lowest BCUT2D eigenvalue weighted by atomic mass is 10.1. The van der Waals surface area contributed by atoms with Gasteiger partial charge in [0.05, 0.1) is 5.52 Å². The van der Waals surface area contributed by atoms with E-state index < -0.39 is 0 Å². The smallest absolute Gasteiger partial charge is 0.408 e. The SMILES string of the molecule is O=c1oc2ccccc2n1CCCc1ccccc1. The van der Waals surface area contributed by atoms with Crippen LogP contribution in [0.4, 0.5) is 0 Å². The average Bonchev–Trinajstić information content (AvgIpc) is 2.76. The van der Waals surface area contributed by atoms with Crippen LogP contribution in [0.5, 0.6) is 0 Å². The molecule has 0 aliphatic rings. The second kappa shape index (κ2) is 5.14. The molecule has 0 bridgehead atoms. The van der Waals surface area contributed by atoms with Gasteiger partial charge in [-0.3, -0.25) is 4.57 Å². The largest absolute Gasteiger partial charge is 0.419 e. The van der Waals surface area contributed by atoms with Gasteiger partial charge in [0.2, 0.25) is 0 Å². The molecule has 0 radical (unpaired) electrons. The van der Waals surface area contributed by atoms with E-state index in [0.717, 1.165) is 18.4 Å². The Morgan fingerprint density at radius 1 is 0.947 bits per heavy atom. The summed E-state index contributed by atoms with van der Waals surface area (Å²) in [7, 11) is 0. The maximum absolute atomic E-state index is 11.8. The summed E-state index contributed by atoms with van der Waals surface area (Å²) in [6, 6.07) is 17.8. The number of nitrogens with zero attached hydrogens (tertiary/aromatic N) is 1. The normalized spacial score (nSPS) is 10.9. The Kier molecular flexibility index (Phi) is 3.19. The minimum Gasteiger partial charge on any atom is -0.408 e. The predicted octanol–water partition coefficient (Wildman–Crippen LogP) is 3.23. The second-order valence-corrected chi connectivity index (χ2v) is 4.58. The van der Waals surface area contributed by atoms with Gasteiger partial charge >= 0.3 is 5.76 Å². The van der Waals surface area contributed by atoms with Crippen molar-refractivity contribution in [1.82, 2.24) is 4.57 Å². The van der Waals surface area contributed by atoms with Gasteiger partial charge in [-0.25, -0.2) is 4.79 Å². The van der Waals surface area contributed by atoms with Gasteiger partial charge in [-0.05, 0) is 30.5 Å². The molecule has 0 saturated carbocycles. The molecule has 0 spiro atoms. The maximum Gasteiger partial charge on any atom is 0.419 e. The summed E-state index contributed by atoms with van der Waals surface area (Å²) in [6.45, 7) is 0.685. The first-order valence-corrected chi connectivity index (χ1v) is 6.47. The molecule has 3 rings (SSSR count). The van der Waals surface area contributed by atoms with Crippen molar-refractivity contribution in [3.05, 3.63) is 70.7 Å². The summed E-state index contributed by atoms with van der Waals surface area (Å²) in [4.78, 5) is 11.8. The Bertz CT molecular complexity index is 725. The molecule has 3 aromatic rings. The third kappa shape index (κ3) is 2.45. The monoisotopic (exact) mass is 253 g/mol. The van der Waals surface area contributed by atoms with Gasteiger partial charge in [0, 0.05) is 6.54 Å². The Morgan fingerprint density at radius 3 is 2.53 bits per heavy atom. The van der Waals surface area contributed by atoms with Crippen LogP contribution in [-0.4, -0.2) is 4.57 Å². The van der Waals surface area contributed by atoms with Crippen LogP contribution in [0.1, 0.15) is 12.0 Å². The van der Waals surface area contributed by atoms with Crippen LogP contribution < -0.4 is 5.76 Å². The van der Waals surface area contributed by atoms with Gasteiger partial charge in [-0.15, -0.1) is 0 Å². The van der Waals surface area contributed by atoms with Crippen molar-refractivity contribution in [1.29, 1.82) is 0 Å². The van der Waals surface area contributed by atoms with E-state index in [1.165, 1.54) is 5.56 Å². The van der Waals surface area contributed by atoms with Crippen LogP contribution in [0.3, 0.4) is 0 Å².